The number of nitrogens with zero attached hydrogens (tertiary/aromatic N) is 2. The highest BCUT2D eigenvalue weighted by atomic mass is 35.5. The summed E-state index contributed by atoms with van der Waals surface area (Å²) in [7, 11) is 0. The van der Waals surface area contributed by atoms with Gasteiger partial charge in [0.25, 0.3) is 5.91 Å². The molecule has 36 heavy (non-hydrogen) atoms. The van der Waals surface area contributed by atoms with Gasteiger partial charge in [-0.3, -0.25) is 9.59 Å². The molecule has 180 valence electrons. The molecule has 0 radical (unpaired) electrons. The van der Waals surface area contributed by atoms with E-state index in [1.54, 1.807) is 54.7 Å². The lowest BCUT2D eigenvalue weighted by molar-refractivity contribution is -0.115. The molecule has 7 nitrogen and oxygen atoms in total. The smallest absolute Gasteiger partial charge is 0.251 e. The van der Waals surface area contributed by atoms with Gasteiger partial charge in [-0.25, -0.2) is 14.4 Å². The highest BCUT2D eigenvalue weighted by molar-refractivity contribution is 6.31. The van der Waals surface area contributed by atoms with Crippen molar-refractivity contribution in [2.75, 3.05) is 10.6 Å². The molecule has 3 aromatic carbocycles. The number of aromatic nitrogens is 2. The van der Waals surface area contributed by atoms with Crippen LogP contribution in [0.25, 0.3) is 11.3 Å². The van der Waals surface area contributed by atoms with Crippen LogP contribution in [0.3, 0.4) is 0 Å². The molecule has 1 aliphatic rings. The topological polar surface area (TPSA) is 96.0 Å². The number of nitrogens with one attached hydrogen (secondary N) is 3. The summed E-state index contributed by atoms with van der Waals surface area (Å²) in [5.41, 5.74) is 4.69. The second kappa shape index (κ2) is 9.75. The Kier molecular flexibility index (Phi) is 6.35. The highest BCUT2D eigenvalue weighted by Gasteiger charge is 2.21. The van der Waals surface area contributed by atoms with Crippen molar-refractivity contribution in [2.24, 2.45) is 0 Å². The fraction of sp³-hybridized carbons (Fsp3) is 0.111. The van der Waals surface area contributed by atoms with E-state index in [-0.39, 0.29) is 30.1 Å². The summed E-state index contributed by atoms with van der Waals surface area (Å²) in [6.45, 7) is 1.84. The zero-order chi connectivity index (χ0) is 25.2. The van der Waals surface area contributed by atoms with Gasteiger partial charge in [0.15, 0.2) is 0 Å². The summed E-state index contributed by atoms with van der Waals surface area (Å²) in [6.07, 6.45) is 1.79. The van der Waals surface area contributed by atoms with Crippen molar-refractivity contribution in [3.63, 3.8) is 0 Å². The molecule has 0 fully saturated rings. The van der Waals surface area contributed by atoms with Crippen LogP contribution in [0.1, 0.15) is 34.5 Å². The number of hydrogen-bond acceptors (Lipinski definition) is 5. The van der Waals surface area contributed by atoms with E-state index in [2.05, 4.69) is 25.9 Å². The molecule has 9 heteroatoms. The average molecular weight is 502 g/mol. The van der Waals surface area contributed by atoms with Crippen molar-refractivity contribution in [2.45, 2.75) is 19.4 Å². The third-order valence-electron chi connectivity index (χ3n) is 5.85. The molecular formula is C27H21ClFN5O2. The Morgan fingerprint density at radius 3 is 2.58 bits per heavy atom. The third kappa shape index (κ3) is 5.04. The van der Waals surface area contributed by atoms with E-state index in [1.165, 1.54) is 12.1 Å². The van der Waals surface area contributed by atoms with Crippen LogP contribution in [0.15, 0.2) is 72.9 Å². The normalized spacial score (nSPS) is 13.0. The van der Waals surface area contributed by atoms with Gasteiger partial charge in [-0.2, -0.15) is 0 Å². The summed E-state index contributed by atoms with van der Waals surface area (Å²) in [5.74, 6) is -0.375. The molecule has 1 atom stereocenters. The predicted octanol–water partition coefficient (Wildman–Crippen LogP) is 5.67. The lowest BCUT2D eigenvalue weighted by Crippen LogP contribution is -2.26. The maximum atomic E-state index is 13.1. The molecule has 1 aliphatic heterocycles. The molecule has 0 spiro atoms. The molecule has 0 aliphatic carbocycles. The largest absolute Gasteiger partial charge is 0.346 e. The second-order valence-electron chi connectivity index (χ2n) is 8.43. The summed E-state index contributed by atoms with van der Waals surface area (Å²) in [4.78, 5) is 33.9. The SMILES string of the molecule is CC(NC(=O)c1ccc(Nc2ncc3c(n2)-c2ccc(Cl)cc2NC(=O)C3)cc1)c1ccc(F)cc1. The molecular weight excluding hydrogens is 481 g/mol. The average Bonchev–Trinajstić information content (AvgIpc) is 2.99. The van der Waals surface area contributed by atoms with Gasteiger partial charge in [0, 0.05) is 33.6 Å². The zero-order valence-corrected chi connectivity index (χ0v) is 19.9. The molecule has 2 amide bonds. The summed E-state index contributed by atoms with van der Waals surface area (Å²) < 4.78 is 13.1. The number of amides is 2. The van der Waals surface area contributed by atoms with E-state index in [9.17, 15) is 14.0 Å². The first-order valence-electron chi connectivity index (χ1n) is 11.2. The quantitative estimate of drug-likeness (QED) is 0.327. The molecule has 5 rings (SSSR count). The van der Waals surface area contributed by atoms with Crippen molar-refractivity contribution >= 4 is 40.7 Å². The summed E-state index contributed by atoms with van der Waals surface area (Å²) >= 11 is 6.10. The lowest BCUT2D eigenvalue weighted by Gasteiger charge is -2.15. The van der Waals surface area contributed by atoms with E-state index in [1.807, 2.05) is 13.0 Å². The molecule has 1 aromatic heterocycles. The van der Waals surface area contributed by atoms with Gasteiger partial charge in [-0.15, -0.1) is 0 Å². The molecule has 2 heterocycles. The monoisotopic (exact) mass is 501 g/mol. The van der Waals surface area contributed by atoms with Crippen LogP contribution in [0.5, 0.6) is 0 Å². The molecule has 0 bridgehead atoms. The first-order valence-corrected chi connectivity index (χ1v) is 11.6. The second-order valence-corrected chi connectivity index (χ2v) is 8.87. The van der Waals surface area contributed by atoms with Crippen LogP contribution >= 0.6 is 11.6 Å². The Balaban J connectivity index is 1.32. The van der Waals surface area contributed by atoms with Crippen molar-refractivity contribution < 1.29 is 14.0 Å². The van der Waals surface area contributed by atoms with Crippen molar-refractivity contribution in [3.05, 3.63) is 100 Å². The molecule has 3 N–H and O–H groups in total. The van der Waals surface area contributed by atoms with Crippen LogP contribution in [0, 0.1) is 5.82 Å². The molecule has 0 saturated heterocycles. The van der Waals surface area contributed by atoms with E-state index >= 15 is 0 Å². The van der Waals surface area contributed by atoms with Crippen LogP contribution in [-0.4, -0.2) is 21.8 Å². The van der Waals surface area contributed by atoms with Crippen molar-refractivity contribution in [3.8, 4) is 11.3 Å². The number of carbonyl (C=O) groups excluding carboxylic acids is 2. The number of halogens is 2. The number of benzene rings is 3. The minimum absolute atomic E-state index is 0.155. The third-order valence-corrected chi connectivity index (χ3v) is 6.08. The van der Waals surface area contributed by atoms with Crippen LogP contribution < -0.4 is 16.0 Å². The van der Waals surface area contributed by atoms with Gasteiger partial charge in [-0.05, 0) is 67.1 Å². The Hall–Kier alpha value is -4.30. The lowest BCUT2D eigenvalue weighted by atomic mass is 10.1. The maximum Gasteiger partial charge on any atom is 0.251 e. The van der Waals surface area contributed by atoms with Crippen LogP contribution in [0.2, 0.25) is 5.02 Å². The molecule has 1 unspecified atom stereocenters. The minimum atomic E-state index is -0.322. The summed E-state index contributed by atoms with van der Waals surface area (Å²) in [6, 6.07) is 17.9. The minimum Gasteiger partial charge on any atom is -0.346 e. The molecule has 0 saturated carbocycles. The number of hydrogen-bond donors (Lipinski definition) is 3. The Morgan fingerprint density at radius 1 is 1.08 bits per heavy atom. The number of anilines is 3. The van der Waals surface area contributed by atoms with Crippen LogP contribution in [0.4, 0.5) is 21.7 Å². The Morgan fingerprint density at radius 2 is 1.83 bits per heavy atom. The first-order chi connectivity index (χ1) is 17.4. The van der Waals surface area contributed by atoms with Crippen LogP contribution in [-0.2, 0) is 11.2 Å². The van der Waals surface area contributed by atoms with Crippen molar-refractivity contribution in [1.29, 1.82) is 0 Å². The Bertz CT molecular complexity index is 1460. The number of carbonyl (C=O) groups is 2. The van der Waals surface area contributed by atoms with E-state index in [0.29, 0.717) is 39.2 Å². The van der Waals surface area contributed by atoms with E-state index in [0.717, 1.165) is 11.1 Å². The van der Waals surface area contributed by atoms with Crippen molar-refractivity contribution in [1.82, 2.24) is 15.3 Å². The summed E-state index contributed by atoms with van der Waals surface area (Å²) in [5, 5.41) is 9.42. The standard InChI is InChI=1S/C27H21ClFN5O2/c1-15(16-2-7-20(29)8-3-16)31-26(36)17-4-9-21(10-5-17)32-27-30-14-18-12-24(35)33-23-13-19(28)6-11-22(23)25(18)34-27/h2-11,13-15H,12H2,1H3,(H,31,36)(H,33,35)(H,30,32,34). The van der Waals surface area contributed by atoms with Gasteiger partial charge in [-0.1, -0.05) is 23.7 Å². The van der Waals surface area contributed by atoms with Gasteiger partial charge in [0.1, 0.15) is 5.82 Å². The van der Waals surface area contributed by atoms with Gasteiger partial charge < -0.3 is 16.0 Å². The van der Waals surface area contributed by atoms with Gasteiger partial charge >= 0.3 is 0 Å². The van der Waals surface area contributed by atoms with E-state index in [4.69, 9.17) is 11.6 Å². The Labute approximate surface area is 211 Å². The number of rotatable bonds is 5. The number of fused-ring (bicyclic) bond motifs is 3. The molecule has 4 aromatic rings. The predicted molar refractivity (Wildman–Crippen MR) is 137 cm³/mol. The maximum absolute atomic E-state index is 13.1. The van der Waals surface area contributed by atoms with Gasteiger partial charge in [0.2, 0.25) is 11.9 Å². The zero-order valence-electron chi connectivity index (χ0n) is 19.2. The fourth-order valence-electron chi connectivity index (χ4n) is 3.97. The fourth-order valence-corrected chi connectivity index (χ4v) is 4.14. The first kappa shape index (κ1) is 23.4. The van der Waals surface area contributed by atoms with Gasteiger partial charge in [0.05, 0.1) is 23.8 Å². The highest BCUT2D eigenvalue weighted by Crippen LogP contribution is 2.34. The van der Waals surface area contributed by atoms with E-state index < -0.39 is 0 Å².